The summed E-state index contributed by atoms with van der Waals surface area (Å²) in [6.45, 7) is 1.55. The van der Waals surface area contributed by atoms with Crippen LogP contribution in [-0.4, -0.2) is 51.9 Å². The van der Waals surface area contributed by atoms with Gasteiger partial charge in [0.1, 0.15) is 29.8 Å². The van der Waals surface area contributed by atoms with Crippen LogP contribution in [0.15, 0.2) is 30.5 Å². The first-order valence-corrected chi connectivity index (χ1v) is 10.0. The minimum atomic E-state index is -0.320. The Balaban J connectivity index is 1.72. The molecule has 3 aliphatic rings. The molecule has 0 saturated carbocycles. The Bertz CT molecular complexity index is 968. The van der Waals surface area contributed by atoms with Gasteiger partial charge in [-0.2, -0.15) is 0 Å². The number of para-hydroxylation sites is 1. The van der Waals surface area contributed by atoms with E-state index >= 15 is 0 Å². The smallest absolute Gasteiger partial charge is 0.239 e. The number of nitrogens with one attached hydrogen (secondary N) is 1. The first-order valence-electron chi connectivity index (χ1n) is 8.86. The highest BCUT2D eigenvalue weighted by molar-refractivity contribution is 7.99. The van der Waals surface area contributed by atoms with Crippen LogP contribution in [-0.2, 0) is 9.59 Å². The van der Waals surface area contributed by atoms with Gasteiger partial charge in [0.05, 0.1) is 11.3 Å². The maximum Gasteiger partial charge on any atom is 0.239 e. The molecular formula is C19H20N3O3S+. The average molecular weight is 370 g/mol. The summed E-state index contributed by atoms with van der Waals surface area (Å²) < 4.78 is 1.67. The number of hydrogen-bond donors (Lipinski definition) is 1. The lowest BCUT2D eigenvalue weighted by Crippen LogP contribution is -3.12. The van der Waals surface area contributed by atoms with Gasteiger partial charge in [0.25, 0.3) is 0 Å². The topological polar surface area (TPSA) is 63.8 Å². The zero-order valence-electron chi connectivity index (χ0n) is 14.6. The number of aromatic nitrogens is 1. The Morgan fingerprint density at radius 1 is 1.19 bits per heavy atom. The van der Waals surface area contributed by atoms with Crippen LogP contribution in [0.4, 0.5) is 0 Å². The molecule has 1 aromatic carbocycles. The molecule has 6 nitrogen and oxygen atoms in total. The summed E-state index contributed by atoms with van der Waals surface area (Å²) >= 11 is 1.84. The van der Waals surface area contributed by atoms with E-state index in [4.69, 9.17) is 0 Å². The largest absolute Gasteiger partial charge is 0.316 e. The first-order chi connectivity index (χ1) is 12.5. The van der Waals surface area contributed by atoms with E-state index in [1.165, 1.54) is 9.80 Å². The van der Waals surface area contributed by atoms with Crippen LogP contribution in [0.2, 0.25) is 0 Å². The second kappa shape index (κ2) is 5.44. The SMILES string of the molecule is CC(=O)n1cc([C@@H]2[C@@H]3C(=O)N(C)C(=O)[C@@H]3[C@H]3CSC[NH+]32)c2ccccc21. The fourth-order valence-electron chi connectivity index (χ4n) is 5.15. The van der Waals surface area contributed by atoms with Crippen LogP contribution in [0, 0.1) is 11.8 Å². The number of hydrogen-bond acceptors (Lipinski definition) is 4. The maximum atomic E-state index is 12.9. The Kier molecular flexibility index (Phi) is 3.36. The summed E-state index contributed by atoms with van der Waals surface area (Å²) in [7, 11) is 1.60. The van der Waals surface area contributed by atoms with E-state index in [-0.39, 0.29) is 41.6 Å². The number of carbonyl (C=O) groups is 3. The Labute approximate surface area is 155 Å². The first kappa shape index (κ1) is 16.1. The highest BCUT2D eigenvalue weighted by Crippen LogP contribution is 2.44. The summed E-state index contributed by atoms with van der Waals surface area (Å²) in [5.74, 6) is 1.09. The van der Waals surface area contributed by atoms with Gasteiger partial charge < -0.3 is 4.90 Å². The van der Waals surface area contributed by atoms with Crippen molar-refractivity contribution in [3.05, 3.63) is 36.0 Å². The van der Waals surface area contributed by atoms with Crippen molar-refractivity contribution in [1.82, 2.24) is 9.47 Å². The molecule has 1 aromatic heterocycles. The third-order valence-electron chi connectivity index (χ3n) is 6.27. The average Bonchev–Trinajstić information content (AvgIpc) is 3.34. The third kappa shape index (κ3) is 1.90. The lowest BCUT2D eigenvalue weighted by molar-refractivity contribution is -0.924. The third-order valence-corrected chi connectivity index (χ3v) is 7.40. The lowest BCUT2D eigenvalue weighted by atomic mass is 9.86. The normalized spacial score (nSPS) is 33.2. The van der Waals surface area contributed by atoms with Crippen molar-refractivity contribution in [1.29, 1.82) is 0 Å². The zero-order valence-corrected chi connectivity index (χ0v) is 15.5. The molecule has 0 aliphatic carbocycles. The van der Waals surface area contributed by atoms with Crippen molar-refractivity contribution in [2.45, 2.75) is 19.0 Å². The van der Waals surface area contributed by atoms with Gasteiger partial charge >= 0.3 is 0 Å². The van der Waals surface area contributed by atoms with Crippen LogP contribution in [0.3, 0.4) is 0 Å². The molecule has 0 radical (unpaired) electrons. The van der Waals surface area contributed by atoms with E-state index in [0.717, 1.165) is 28.1 Å². The molecule has 7 heteroatoms. The van der Waals surface area contributed by atoms with Crippen molar-refractivity contribution in [2.75, 3.05) is 18.7 Å². The van der Waals surface area contributed by atoms with E-state index in [9.17, 15) is 14.4 Å². The number of fused-ring (bicyclic) bond motifs is 4. The maximum absolute atomic E-state index is 12.9. The van der Waals surface area contributed by atoms with Gasteiger partial charge in [-0.3, -0.25) is 23.9 Å². The quantitative estimate of drug-likeness (QED) is 0.745. The zero-order chi connectivity index (χ0) is 18.2. The van der Waals surface area contributed by atoms with Crippen LogP contribution in [0.5, 0.6) is 0 Å². The molecule has 134 valence electrons. The standard InChI is InChI=1S/C19H19N3O3S/c1-10(23)21-7-12(11-5-3-4-6-13(11)21)17-16-15(14-8-26-9-22(14)17)18(24)20(2)19(16)25/h3-7,14-17H,8-9H2,1-2H3/p+1/t14-,15-,16-,17-/m1/s1. The number of quaternary nitrogens is 1. The minimum Gasteiger partial charge on any atom is -0.316 e. The fourth-order valence-corrected chi connectivity index (χ4v) is 6.57. The Morgan fingerprint density at radius 2 is 1.92 bits per heavy atom. The lowest BCUT2D eigenvalue weighted by Gasteiger charge is -2.24. The molecule has 2 aromatic rings. The number of thioether (sulfide) groups is 1. The van der Waals surface area contributed by atoms with E-state index in [1.807, 2.05) is 42.2 Å². The number of imide groups is 1. The Morgan fingerprint density at radius 3 is 2.69 bits per heavy atom. The number of rotatable bonds is 1. The molecule has 5 rings (SSSR count). The van der Waals surface area contributed by atoms with Crippen LogP contribution >= 0.6 is 11.8 Å². The van der Waals surface area contributed by atoms with E-state index in [2.05, 4.69) is 0 Å². The van der Waals surface area contributed by atoms with Crippen molar-refractivity contribution in [2.24, 2.45) is 11.8 Å². The predicted molar refractivity (Wildman–Crippen MR) is 97.8 cm³/mol. The summed E-state index contributed by atoms with van der Waals surface area (Å²) in [5.41, 5.74) is 1.88. The highest BCUT2D eigenvalue weighted by atomic mass is 32.2. The summed E-state index contributed by atoms with van der Waals surface area (Å²) in [5, 5.41) is 1.01. The minimum absolute atomic E-state index is 0.0391. The number of benzene rings is 1. The molecule has 3 aliphatic heterocycles. The van der Waals surface area contributed by atoms with E-state index in [1.54, 1.807) is 18.5 Å². The van der Waals surface area contributed by atoms with Crippen LogP contribution in [0.25, 0.3) is 10.9 Å². The fraction of sp³-hybridized carbons (Fsp3) is 0.421. The number of nitrogens with zero attached hydrogens (tertiary/aromatic N) is 2. The molecule has 0 bridgehead atoms. The van der Waals surface area contributed by atoms with Gasteiger partial charge in [-0.15, -0.1) is 0 Å². The number of amides is 2. The van der Waals surface area contributed by atoms with Crippen molar-refractivity contribution < 1.29 is 19.3 Å². The van der Waals surface area contributed by atoms with Gasteiger partial charge in [-0.05, 0) is 6.07 Å². The van der Waals surface area contributed by atoms with Crippen molar-refractivity contribution >= 4 is 40.4 Å². The monoisotopic (exact) mass is 370 g/mol. The molecule has 0 spiro atoms. The van der Waals surface area contributed by atoms with Gasteiger partial charge in [0, 0.05) is 31.1 Å². The molecule has 3 fully saturated rings. The summed E-state index contributed by atoms with van der Waals surface area (Å²) in [6.07, 6.45) is 1.89. The van der Waals surface area contributed by atoms with Gasteiger partial charge in [-0.1, -0.05) is 30.0 Å². The highest BCUT2D eigenvalue weighted by Gasteiger charge is 2.66. The second-order valence-electron chi connectivity index (χ2n) is 7.45. The predicted octanol–water partition coefficient (Wildman–Crippen LogP) is 0.545. The molecule has 2 amide bonds. The summed E-state index contributed by atoms with van der Waals surface area (Å²) in [6, 6.07) is 7.93. The van der Waals surface area contributed by atoms with E-state index in [0.29, 0.717) is 0 Å². The number of likely N-dealkylation sites (tertiary alicyclic amines) is 1. The van der Waals surface area contributed by atoms with Gasteiger partial charge in [-0.25, -0.2) is 0 Å². The molecule has 1 unspecified atom stereocenters. The van der Waals surface area contributed by atoms with Gasteiger partial charge in [0.2, 0.25) is 17.7 Å². The Hall–Kier alpha value is -2.12. The van der Waals surface area contributed by atoms with Crippen LogP contribution in [0.1, 0.15) is 23.3 Å². The molecular weight excluding hydrogens is 350 g/mol. The van der Waals surface area contributed by atoms with Gasteiger partial charge in [0.15, 0.2) is 0 Å². The molecule has 5 atom stereocenters. The molecule has 26 heavy (non-hydrogen) atoms. The van der Waals surface area contributed by atoms with Crippen molar-refractivity contribution in [3.8, 4) is 0 Å². The molecule has 4 heterocycles. The second-order valence-corrected chi connectivity index (χ2v) is 8.48. The van der Waals surface area contributed by atoms with Crippen molar-refractivity contribution in [3.63, 3.8) is 0 Å². The van der Waals surface area contributed by atoms with Crippen LogP contribution < -0.4 is 4.90 Å². The molecule has 1 N–H and O–H groups in total. The molecule has 3 saturated heterocycles. The van der Waals surface area contributed by atoms with E-state index < -0.39 is 0 Å². The summed E-state index contributed by atoms with van der Waals surface area (Å²) in [4.78, 5) is 40.4. The number of carbonyl (C=O) groups excluding carboxylic acids is 3.